The largest absolute Gasteiger partial charge is 0.481 e. The molecule has 20 heavy (non-hydrogen) atoms. The predicted octanol–water partition coefficient (Wildman–Crippen LogP) is 2.20. The molecule has 0 radical (unpaired) electrons. The molecule has 1 aromatic heterocycles. The number of carboxylic acid groups (broad SMARTS) is 1. The van der Waals surface area contributed by atoms with Gasteiger partial charge in [-0.15, -0.1) is 0 Å². The Hall–Kier alpha value is -2.43. The van der Waals surface area contributed by atoms with Crippen molar-refractivity contribution in [2.24, 2.45) is 11.8 Å². The van der Waals surface area contributed by atoms with Crippen molar-refractivity contribution >= 4 is 28.5 Å². The molecule has 0 bridgehead atoms. The molecule has 1 saturated carbocycles. The van der Waals surface area contributed by atoms with Gasteiger partial charge in [0, 0.05) is 11.6 Å². The summed E-state index contributed by atoms with van der Waals surface area (Å²) in [4.78, 5) is 27.1. The summed E-state index contributed by atoms with van der Waals surface area (Å²) in [7, 11) is 0. The zero-order chi connectivity index (χ0) is 14.3. The lowest BCUT2D eigenvalue weighted by molar-refractivity contribution is -0.139. The second-order valence-electron chi connectivity index (χ2n) is 5.11. The van der Waals surface area contributed by atoms with Crippen LogP contribution in [0.5, 0.6) is 0 Å². The number of hydrogen-bond donors (Lipinski definition) is 2. The normalized spacial score (nSPS) is 20.6. The highest BCUT2D eigenvalue weighted by atomic mass is 16.4. The van der Waals surface area contributed by atoms with Crippen molar-refractivity contribution in [3.8, 4) is 0 Å². The summed E-state index contributed by atoms with van der Waals surface area (Å²) >= 11 is 0. The molecule has 1 heterocycles. The third-order valence-corrected chi connectivity index (χ3v) is 3.67. The number of aliphatic carboxylic acids is 1. The molecule has 0 aliphatic heterocycles. The summed E-state index contributed by atoms with van der Waals surface area (Å²) in [5.41, 5.74) is 2.56. The van der Waals surface area contributed by atoms with Gasteiger partial charge in [-0.05, 0) is 37.1 Å². The van der Waals surface area contributed by atoms with E-state index in [9.17, 15) is 9.59 Å². The van der Waals surface area contributed by atoms with E-state index >= 15 is 0 Å². The summed E-state index contributed by atoms with van der Waals surface area (Å²) < 4.78 is 0. The summed E-state index contributed by atoms with van der Waals surface area (Å²) in [5, 5.41) is 12.5. The number of fused-ring (bicyclic) bond motifs is 1. The Bertz CT molecular complexity index is 711. The van der Waals surface area contributed by atoms with E-state index in [4.69, 9.17) is 5.11 Å². The van der Waals surface area contributed by atoms with Gasteiger partial charge in [0.15, 0.2) is 0 Å². The Morgan fingerprint density at radius 3 is 2.80 bits per heavy atom. The number of anilines is 1. The molecule has 5 heteroatoms. The third kappa shape index (κ3) is 2.11. The van der Waals surface area contributed by atoms with Gasteiger partial charge in [0.05, 0.1) is 23.0 Å². The average Bonchev–Trinajstić information content (AvgIpc) is 3.23. The van der Waals surface area contributed by atoms with Gasteiger partial charge in [-0.1, -0.05) is 6.07 Å². The van der Waals surface area contributed by atoms with E-state index in [1.54, 1.807) is 6.20 Å². The topological polar surface area (TPSA) is 79.3 Å². The average molecular weight is 270 g/mol. The molecule has 5 nitrogen and oxygen atoms in total. The minimum Gasteiger partial charge on any atom is -0.481 e. The molecule has 1 aliphatic carbocycles. The van der Waals surface area contributed by atoms with Crippen LogP contribution in [0.3, 0.4) is 0 Å². The van der Waals surface area contributed by atoms with Crippen LogP contribution in [0.4, 0.5) is 5.69 Å². The minimum atomic E-state index is -0.902. The number of carbonyl (C=O) groups is 2. The van der Waals surface area contributed by atoms with Crippen LogP contribution in [-0.4, -0.2) is 22.0 Å². The first-order valence-electron chi connectivity index (χ1n) is 6.46. The van der Waals surface area contributed by atoms with E-state index in [0.29, 0.717) is 12.1 Å². The molecule has 1 aromatic carbocycles. The smallest absolute Gasteiger partial charge is 0.307 e. The molecule has 0 saturated heterocycles. The fourth-order valence-electron chi connectivity index (χ4n) is 2.41. The Balaban J connectivity index is 1.87. The number of hydrogen-bond acceptors (Lipinski definition) is 3. The van der Waals surface area contributed by atoms with Crippen molar-refractivity contribution in [2.75, 3.05) is 5.32 Å². The monoisotopic (exact) mass is 270 g/mol. The molecular weight excluding hydrogens is 256 g/mol. The van der Waals surface area contributed by atoms with Crippen molar-refractivity contribution in [1.82, 2.24) is 4.98 Å². The maximum Gasteiger partial charge on any atom is 0.307 e. The van der Waals surface area contributed by atoms with Crippen molar-refractivity contribution in [1.29, 1.82) is 0 Å². The number of carboxylic acids is 1. The summed E-state index contributed by atoms with van der Waals surface area (Å²) in [5.74, 6) is -2.09. The zero-order valence-electron chi connectivity index (χ0n) is 11.0. The molecule has 2 aromatic rings. The SMILES string of the molecule is Cc1ccc(NC(=O)C2CC2C(=O)O)c2cccnc12. The van der Waals surface area contributed by atoms with Crippen LogP contribution in [-0.2, 0) is 9.59 Å². The number of aromatic nitrogens is 1. The van der Waals surface area contributed by atoms with E-state index in [1.807, 2.05) is 31.2 Å². The van der Waals surface area contributed by atoms with E-state index in [1.165, 1.54) is 0 Å². The fraction of sp³-hybridized carbons (Fsp3) is 0.267. The number of rotatable bonds is 3. The molecular formula is C15H14N2O3. The summed E-state index contributed by atoms with van der Waals surface area (Å²) in [6.07, 6.45) is 2.13. The molecule has 102 valence electrons. The number of carbonyl (C=O) groups excluding carboxylic acids is 1. The van der Waals surface area contributed by atoms with Gasteiger partial charge >= 0.3 is 5.97 Å². The summed E-state index contributed by atoms with van der Waals surface area (Å²) in [6, 6.07) is 7.43. The number of pyridine rings is 1. The molecule has 1 amide bonds. The Kier molecular flexibility index (Phi) is 2.89. The first kappa shape index (κ1) is 12.6. The highest BCUT2D eigenvalue weighted by molar-refractivity contribution is 6.04. The molecule has 3 rings (SSSR count). The van der Waals surface area contributed by atoms with Crippen molar-refractivity contribution in [2.45, 2.75) is 13.3 Å². The van der Waals surface area contributed by atoms with Crippen LogP contribution in [0.1, 0.15) is 12.0 Å². The molecule has 1 fully saturated rings. The third-order valence-electron chi connectivity index (χ3n) is 3.67. The number of nitrogens with one attached hydrogen (secondary N) is 1. The molecule has 2 N–H and O–H groups in total. The molecule has 1 aliphatic rings. The zero-order valence-corrected chi connectivity index (χ0v) is 11.0. The molecule has 0 spiro atoms. The van der Waals surface area contributed by atoms with E-state index in [2.05, 4.69) is 10.3 Å². The Morgan fingerprint density at radius 1 is 1.30 bits per heavy atom. The van der Waals surface area contributed by atoms with Crippen molar-refractivity contribution < 1.29 is 14.7 Å². The van der Waals surface area contributed by atoms with Crippen molar-refractivity contribution in [3.05, 3.63) is 36.0 Å². The summed E-state index contributed by atoms with van der Waals surface area (Å²) in [6.45, 7) is 1.96. The number of nitrogens with zero attached hydrogens (tertiary/aromatic N) is 1. The highest BCUT2D eigenvalue weighted by Gasteiger charge is 2.48. The van der Waals surface area contributed by atoms with Crippen LogP contribution in [0.15, 0.2) is 30.5 Å². The maximum absolute atomic E-state index is 12.0. The van der Waals surface area contributed by atoms with Gasteiger partial charge in [0.25, 0.3) is 0 Å². The number of amides is 1. The van der Waals surface area contributed by atoms with Gasteiger partial charge in [-0.3, -0.25) is 14.6 Å². The second-order valence-corrected chi connectivity index (χ2v) is 5.11. The predicted molar refractivity (Wildman–Crippen MR) is 74.3 cm³/mol. The first-order valence-corrected chi connectivity index (χ1v) is 6.46. The quantitative estimate of drug-likeness (QED) is 0.896. The molecule has 2 atom stereocenters. The van der Waals surface area contributed by atoms with Crippen LogP contribution in [0, 0.1) is 18.8 Å². The second kappa shape index (κ2) is 4.59. The Labute approximate surface area is 115 Å². The van der Waals surface area contributed by atoms with Gasteiger partial charge in [0.1, 0.15) is 0 Å². The lowest BCUT2D eigenvalue weighted by atomic mass is 10.1. The van der Waals surface area contributed by atoms with Gasteiger partial charge < -0.3 is 10.4 Å². The first-order chi connectivity index (χ1) is 9.58. The van der Waals surface area contributed by atoms with E-state index < -0.39 is 17.8 Å². The van der Waals surface area contributed by atoms with Crippen LogP contribution >= 0.6 is 0 Å². The fourth-order valence-corrected chi connectivity index (χ4v) is 2.41. The van der Waals surface area contributed by atoms with Crippen molar-refractivity contribution in [3.63, 3.8) is 0 Å². The lowest BCUT2D eigenvalue weighted by Gasteiger charge is -2.09. The van der Waals surface area contributed by atoms with Crippen LogP contribution in [0.25, 0.3) is 10.9 Å². The van der Waals surface area contributed by atoms with E-state index in [0.717, 1.165) is 16.5 Å². The number of benzene rings is 1. The number of aryl methyl sites for hydroxylation is 1. The minimum absolute atomic E-state index is 0.230. The lowest BCUT2D eigenvalue weighted by Crippen LogP contribution is -2.17. The van der Waals surface area contributed by atoms with Gasteiger partial charge in [0.2, 0.25) is 5.91 Å². The molecule has 2 unspecified atom stereocenters. The van der Waals surface area contributed by atoms with Gasteiger partial charge in [-0.25, -0.2) is 0 Å². The van der Waals surface area contributed by atoms with Crippen LogP contribution in [0.2, 0.25) is 0 Å². The highest BCUT2D eigenvalue weighted by Crippen LogP contribution is 2.39. The van der Waals surface area contributed by atoms with Crippen LogP contribution < -0.4 is 5.32 Å². The van der Waals surface area contributed by atoms with Gasteiger partial charge in [-0.2, -0.15) is 0 Å². The maximum atomic E-state index is 12.0. The standard InChI is InChI=1S/C15H14N2O3/c1-8-4-5-12(9-3-2-6-16-13(8)9)17-14(18)10-7-11(10)15(19)20/h2-6,10-11H,7H2,1H3,(H,17,18)(H,19,20). The van der Waals surface area contributed by atoms with E-state index in [-0.39, 0.29) is 5.91 Å². The Morgan fingerprint density at radius 2 is 2.10 bits per heavy atom.